The Kier molecular flexibility index (Phi) is 7.36. The molecule has 1 aliphatic rings. The SMILES string of the molecule is CC(=O)c1cccc(OCCOCCN2CCCC[C@H]2c2cccnc2)c1. The quantitative estimate of drug-likeness (QED) is 0.496. The number of likely N-dealkylation sites (tertiary alicyclic amines) is 1. The van der Waals surface area contributed by atoms with Gasteiger partial charge in [0.15, 0.2) is 5.78 Å². The molecule has 5 heteroatoms. The van der Waals surface area contributed by atoms with Gasteiger partial charge < -0.3 is 9.47 Å². The van der Waals surface area contributed by atoms with E-state index in [2.05, 4.69) is 16.0 Å². The number of Topliss-reactive ketones (excluding diaryl/α,β-unsaturated/α-hetero) is 1. The number of pyridine rings is 1. The third-order valence-electron chi connectivity index (χ3n) is 4.94. The van der Waals surface area contributed by atoms with E-state index >= 15 is 0 Å². The molecule has 1 aromatic carbocycles. The number of ether oxygens (including phenoxy) is 2. The van der Waals surface area contributed by atoms with E-state index in [4.69, 9.17) is 9.47 Å². The molecule has 1 atom stereocenters. The summed E-state index contributed by atoms with van der Waals surface area (Å²) in [4.78, 5) is 18.2. The third-order valence-corrected chi connectivity index (χ3v) is 4.94. The molecule has 27 heavy (non-hydrogen) atoms. The number of hydrogen-bond acceptors (Lipinski definition) is 5. The van der Waals surface area contributed by atoms with Gasteiger partial charge in [-0.3, -0.25) is 14.7 Å². The molecule has 2 aromatic rings. The number of ketones is 1. The number of piperidine rings is 1. The molecule has 0 N–H and O–H groups in total. The molecule has 0 amide bonds. The highest BCUT2D eigenvalue weighted by molar-refractivity contribution is 5.94. The minimum atomic E-state index is 0.0430. The van der Waals surface area contributed by atoms with E-state index in [9.17, 15) is 4.79 Å². The number of carbonyl (C=O) groups is 1. The van der Waals surface area contributed by atoms with Gasteiger partial charge in [-0.25, -0.2) is 0 Å². The number of carbonyl (C=O) groups excluding carboxylic acids is 1. The summed E-state index contributed by atoms with van der Waals surface area (Å²) < 4.78 is 11.5. The Morgan fingerprint density at radius 1 is 1.19 bits per heavy atom. The summed E-state index contributed by atoms with van der Waals surface area (Å²) in [5, 5.41) is 0. The largest absolute Gasteiger partial charge is 0.491 e. The van der Waals surface area contributed by atoms with Gasteiger partial charge in [-0.15, -0.1) is 0 Å². The molecule has 1 fully saturated rings. The fraction of sp³-hybridized carbons (Fsp3) is 0.455. The van der Waals surface area contributed by atoms with Crippen molar-refractivity contribution in [2.45, 2.75) is 32.2 Å². The predicted molar refractivity (Wildman–Crippen MR) is 105 cm³/mol. The Morgan fingerprint density at radius 2 is 2.11 bits per heavy atom. The molecule has 1 aromatic heterocycles. The van der Waals surface area contributed by atoms with Crippen LogP contribution >= 0.6 is 0 Å². The second kappa shape index (κ2) is 10.2. The smallest absolute Gasteiger partial charge is 0.159 e. The van der Waals surface area contributed by atoms with Gasteiger partial charge >= 0.3 is 0 Å². The number of aromatic nitrogens is 1. The molecule has 2 heterocycles. The van der Waals surface area contributed by atoms with E-state index in [0.29, 0.717) is 37.2 Å². The number of nitrogens with zero attached hydrogens (tertiary/aromatic N) is 2. The van der Waals surface area contributed by atoms with Crippen LogP contribution in [0.1, 0.15) is 48.1 Å². The minimum absolute atomic E-state index is 0.0430. The van der Waals surface area contributed by atoms with E-state index in [0.717, 1.165) is 13.1 Å². The predicted octanol–water partition coefficient (Wildman–Crippen LogP) is 3.91. The lowest BCUT2D eigenvalue weighted by Gasteiger charge is -2.35. The summed E-state index contributed by atoms with van der Waals surface area (Å²) >= 11 is 0. The van der Waals surface area contributed by atoms with Crippen LogP contribution in [0, 0.1) is 0 Å². The first-order chi connectivity index (χ1) is 13.2. The van der Waals surface area contributed by atoms with Gasteiger partial charge in [-0.1, -0.05) is 24.6 Å². The monoisotopic (exact) mass is 368 g/mol. The second-order valence-electron chi connectivity index (χ2n) is 6.88. The van der Waals surface area contributed by atoms with Crippen molar-refractivity contribution in [2.75, 3.05) is 32.9 Å². The first kappa shape index (κ1) is 19.5. The van der Waals surface area contributed by atoms with E-state index in [1.807, 2.05) is 30.6 Å². The lowest BCUT2D eigenvalue weighted by Crippen LogP contribution is -2.36. The van der Waals surface area contributed by atoms with Crippen molar-refractivity contribution in [3.63, 3.8) is 0 Å². The average Bonchev–Trinajstić information content (AvgIpc) is 2.72. The molecular weight excluding hydrogens is 340 g/mol. The standard InChI is InChI=1S/C22H28N2O3/c1-18(25)19-6-4-8-21(16-19)27-15-14-26-13-12-24-11-3-2-9-22(24)20-7-5-10-23-17-20/h4-8,10,16-17,22H,2-3,9,11-15H2,1H3/t22-/m0/s1. The zero-order valence-corrected chi connectivity index (χ0v) is 16.0. The van der Waals surface area contributed by atoms with Gasteiger partial charge in [0.1, 0.15) is 12.4 Å². The van der Waals surface area contributed by atoms with Crippen LogP contribution in [-0.2, 0) is 4.74 Å². The van der Waals surface area contributed by atoms with E-state index in [1.165, 1.54) is 24.8 Å². The lowest BCUT2D eigenvalue weighted by molar-refractivity contribution is 0.0571. The average molecular weight is 368 g/mol. The summed E-state index contributed by atoms with van der Waals surface area (Å²) in [7, 11) is 0. The Morgan fingerprint density at radius 3 is 2.93 bits per heavy atom. The van der Waals surface area contributed by atoms with Gasteiger partial charge in [0, 0.05) is 30.5 Å². The zero-order chi connectivity index (χ0) is 18.9. The summed E-state index contributed by atoms with van der Waals surface area (Å²) in [6.45, 7) is 5.29. The molecule has 1 saturated heterocycles. The van der Waals surface area contributed by atoms with Crippen LogP contribution < -0.4 is 4.74 Å². The van der Waals surface area contributed by atoms with Crippen LogP contribution in [0.4, 0.5) is 0 Å². The molecule has 0 bridgehead atoms. The van der Waals surface area contributed by atoms with Crippen LogP contribution in [-0.4, -0.2) is 48.6 Å². The number of hydrogen-bond donors (Lipinski definition) is 0. The maximum absolute atomic E-state index is 11.4. The first-order valence-electron chi connectivity index (χ1n) is 9.69. The van der Waals surface area contributed by atoms with Crippen molar-refractivity contribution < 1.29 is 14.3 Å². The Labute approximate surface area is 161 Å². The van der Waals surface area contributed by atoms with Crippen molar-refractivity contribution in [2.24, 2.45) is 0 Å². The summed E-state index contributed by atoms with van der Waals surface area (Å²) in [6, 6.07) is 11.9. The first-order valence-corrected chi connectivity index (χ1v) is 9.69. The van der Waals surface area contributed by atoms with E-state index in [1.54, 1.807) is 19.1 Å². The van der Waals surface area contributed by atoms with Crippen molar-refractivity contribution >= 4 is 5.78 Å². The summed E-state index contributed by atoms with van der Waals surface area (Å²) in [5.74, 6) is 0.750. The van der Waals surface area contributed by atoms with Crippen LogP contribution in [0.3, 0.4) is 0 Å². The van der Waals surface area contributed by atoms with Crippen LogP contribution in [0.5, 0.6) is 5.75 Å². The highest BCUT2D eigenvalue weighted by Crippen LogP contribution is 2.29. The molecule has 3 rings (SSSR count). The zero-order valence-electron chi connectivity index (χ0n) is 16.0. The van der Waals surface area contributed by atoms with Crippen LogP contribution in [0.15, 0.2) is 48.8 Å². The maximum atomic E-state index is 11.4. The second-order valence-corrected chi connectivity index (χ2v) is 6.88. The van der Waals surface area contributed by atoms with E-state index in [-0.39, 0.29) is 5.78 Å². The van der Waals surface area contributed by atoms with Gasteiger partial charge in [0.05, 0.1) is 13.2 Å². The van der Waals surface area contributed by atoms with Gasteiger partial charge in [-0.2, -0.15) is 0 Å². The third kappa shape index (κ3) is 5.88. The van der Waals surface area contributed by atoms with Crippen LogP contribution in [0.25, 0.3) is 0 Å². The molecule has 144 valence electrons. The fourth-order valence-electron chi connectivity index (χ4n) is 3.52. The van der Waals surface area contributed by atoms with Crippen molar-refractivity contribution in [1.82, 2.24) is 9.88 Å². The van der Waals surface area contributed by atoms with Gasteiger partial charge in [0.25, 0.3) is 0 Å². The summed E-state index contributed by atoms with van der Waals surface area (Å²) in [5.41, 5.74) is 1.96. The molecule has 0 saturated carbocycles. The number of rotatable bonds is 9. The topological polar surface area (TPSA) is 51.7 Å². The molecule has 5 nitrogen and oxygen atoms in total. The van der Waals surface area contributed by atoms with E-state index < -0.39 is 0 Å². The highest BCUT2D eigenvalue weighted by Gasteiger charge is 2.23. The molecule has 0 spiro atoms. The molecule has 0 radical (unpaired) electrons. The molecule has 0 aliphatic carbocycles. The van der Waals surface area contributed by atoms with Gasteiger partial charge in [0.2, 0.25) is 0 Å². The highest BCUT2D eigenvalue weighted by atomic mass is 16.5. The molecular formula is C22H28N2O3. The lowest BCUT2D eigenvalue weighted by atomic mass is 9.96. The normalized spacial score (nSPS) is 17.6. The fourth-order valence-corrected chi connectivity index (χ4v) is 3.52. The van der Waals surface area contributed by atoms with Gasteiger partial charge in [-0.05, 0) is 50.1 Å². The summed E-state index contributed by atoms with van der Waals surface area (Å²) in [6.07, 6.45) is 7.50. The van der Waals surface area contributed by atoms with Crippen molar-refractivity contribution in [3.05, 3.63) is 59.9 Å². The molecule has 0 unspecified atom stereocenters. The van der Waals surface area contributed by atoms with Crippen molar-refractivity contribution in [3.8, 4) is 5.75 Å². The van der Waals surface area contributed by atoms with Crippen LogP contribution in [0.2, 0.25) is 0 Å². The maximum Gasteiger partial charge on any atom is 0.159 e. The van der Waals surface area contributed by atoms with Crippen molar-refractivity contribution in [1.29, 1.82) is 0 Å². The Bertz CT molecular complexity index is 721. The minimum Gasteiger partial charge on any atom is -0.491 e. The molecule has 1 aliphatic heterocycles. The Hall–Kier alpha value is -2.24. The number of benzene rings is 1. The Balaban J connectivity index is 1.38.